The molecule has 4 aromatic rings. The van der Waals surface area contributed by atoms with Gasteiger partial charge in [-0.25, -0.2) is 14.2 Å². The zero-order chi connectivity index (χ0) is 23.5. The van der Waals surface area contributed by atoms with Crippen molar-refractivity contribution >= 4 is 34.1 Å². The highest BCUT2D eigenvalue weighted by molar-refractivity contribution is 6.00. The molecule has 2 amide bonds. The first-order valence-electron chi connectivity index (χ1n) is 10.6. The molecule has 0 saturated carbocycles. The molecule has 4 rings (SSSR count). The molecule has 8 heteroatoms. The largest absolute Gasteiger partial charge is 0.373 e. The summed E-state index contributed by atoms with van der Waals surface area (Å²) in [6, 6.07) is 14.7. The lowest BCUT2D eigenvalue weighted by atomic mass is 9.99. The van der Waals surface area contributed by atoms with Crippen LogP contribution in [0.25, 0.3) is 22.0 Å². The van der Waals surface area contributed by atoms with Crippen LogP contribution in [0.15, 0.2) is 65.6 Å². The van der Waals surface area contributed by atoms with Gasteiger partial charge in [0.05, 0.1) is 11.2 Å². The van der Waals surface area contributed by atoms with E-state index in [-0.39, 0.29) is 11.2 Å². The highest BCUT2D eigenvalue weighted by atomic mass is 19.1. The summed E-state index contributed by atoms with van der Waals surface area (Å²) in [5, 5.41) is 8.96. The summed E-state index contributed by atoms with van der Waals surface area (Å²) in [7, 11) is 1.77. The van der Waals surface area contributed by atoms with E-state index in [1.807, 2.05) is 19.1 Å². The van der Waals surface area contributed by atoms with Gasteiger partial charge in [0, 0.05) is 42.5 Å². The summed E-state index contributed by atoms with van der Waals surface area (Å²) in [5.74, 6) is 0.0714. The molecule has 2 aromatic carbocycles. The van der Waals surface area contributed by atoms with Crippen LogP contribution >= 0.6 is 0 Å². The van der Waals surface area contributed by atoms with Gasteiger partial charge in [-0.2, -0.15) is 0 Å². The van der Waals surface area contributed by atoms with Crippen molar-refractivity contribution in [1.82, 2.24) is 9.55 Å². The maximum atomic E-state index is 14.7. The van der Waals surface area contributed by atoms with Crippen LogP contribution < -0.4 is 21.5 Å². The number of benzene rings is 2. The molecule has 0 fully saturated rings. The third-order valence-corrected chi connectivity index (χ3v) is 5.43. The second kappa shape index (κ2) is 9.12. The molecule has 0 aliphatic rings. The summed E-state index contributed by atoms with van der Waals surface area (Å²) in [6.07, 6.45) is 1.70. The fraction of sp³-hybridized carbons (Fsp3) is 0.160. The van der Waals surface area contributed by atoms with E-state index < -0.39 is 11.8 Å². The van der Waals surface area contributed by atoms with Gasteiger partial charge in [-0.3, -0.25) is 4.79 Å². The van der Waals surface area contributed by atoms with Crippen molar-refractivity contribution in [1.29, 1.82) is 0 Å². The highest BCUT2D eigenvalue weighted by Gasteiger charge is 2.17. The number of anilines is 3. The average molecular weight is 445 g/mol. The number of nitrogens with zero attached hydrogens (tertiary/aromatic N) is 2. The van der Waals surface area contributed by atoms with Crippen molar-refractivity contribution < 1.29 is 9.18 Å². The van der Waals surface area contributed by atoms with Crippen molar-refractivity contribution in [2.75, 3.05) is 23.0 Å². The zero-order valence-corrected chi connectivity index (χ0v) is 18.6. The van der Waals surface area contributed by atoms with E-state index in [0.717, 1.165) is 10.9 Å². The van der Waals surface area contributed by atoms with Crippen molar-refractivity contribution in [3.05, 3.63) is 82.5 Å². The number of amides is 2. The number of carbonyl (C=O) groups is 1. The Morgan fingerprint density at radius 1 is 1.06 bits per heavy atom. The summed E-state index contributed by atoms with van der Waals surface area (Å²) >= 11 is 0. The molecule has 7 nitrogen and oxygen atoms in total. The van der Waals surface area contributed by atoms with Gasteiger partial charge in [0.15, 0.2) is 0 Å². The summed E-state index contributed by atoms with van der Waals surface area (Å²) in [4.78, 5) is 30.1. The van der Waals surface area contributed by atoms with Crippen molar-refractivity contribution in [2.24, 2.45) is 0 Å². The molecule has 0 bridgehead atoms. The normalized spacial score (nSPS) is 10.8. The number of fused-ring (bicyclic) bond motifs is 1. The number of carbonyl (C=O) groups excluding carboxylic acids is 1. The van der Waals surface area contributed by atoms with Crippen LogP contribution in [0.5, 0.6) is 0 Å². The van der Waals surface area contributed by atoms with Crippen LogP contribution in [0.2, 0.25) is 0 Å². The third-order valence-electron chi connectivity index (χ3n) is 5.43. The summed E-state index contributed by atoms with van der Waals surface area (Å²) < 4.78 is 16.3. The Morgan fingerprint density at radius 3 is 2.52 bits per heavy atom. The minimum absolute atomic E-state index is 0.0183. The Bertz CT molecular complexity index is 1400. The second-order valence-corrected chi connectivity index (χ2v) is 7.58. The molecule has 0 unspecified atom stereocenters. The van der Waals surface area contributed by atoms with E-state index in [9.17, 15) is 14.0 Å². The molecular formula is C25H24FN5O2. The molecule has 33 heavy (non-hydrogen) atoms. The molecule has 168 valence electrons. The number of hydrogen-bond acceptors (Lipinski definition) is 4. The number of pyridine rings is 2. The van der Waals surface area contributed by atoms with Crippen LogP contribution in [0.1, 0.15) is 12.5 Å². The van der Waals surface area contributed by atoms with Crippen LogP contribution in [-0.4, -0.2) is 22.6 Å². The number of para-hydroxylation sites is 1. The fourth-order valence-electron chi connectivity index (χ4n) is 3.78. The van der Waals surface area contributed by atoms with E-state index in [1.165, 1.54) is 12.1 Å². The maximum Gasteiger partial charge on any atom is 0.323 e. The lowest BCUT2D eigenvalue weighted by Crippen LogP contribution is -2.22. The Labute approximate surface area is 190 Å². The van der Waals surface area contributed by atoms with Gasteiger partial charge >= 0.3 is 6.03 Å². The minimum Gasteiger partial charge on any atom is -0.373 e. The quantitative estimate of drug-likeness (QED) is 0.393. The molecule has 0 radical (unpaired) electrons. The van der Waals surface area contributed by atoms with Gasteiger partial charge in [0.1, 0.15) is 11.6 Å². The molecular weight excluding hydrogens is 421 g/mol. The number of aryl methyl sites for hydroxylation is 2. The molecule has 0 spiro atoms. The van der Waals surface area contributed by atoms with Crippen LogP contribution in [-0.2, 0) is 6.54 Å². The van der Waals surface area contributed by atoms with Crippen molar-refractivity contribution in [2.45, 2.75) is 20.4 Å². The Morgan fingerprint density at radius 2 is 1.82 bits per heavy atom. The smallest absolute Gasteiger partial charge is 0.323 e. The molecule has 0 atom stereocenters. The summed E-state index contributed by atoms with van der Waals surface area (Å²) in [5.41, 5.74) is 2.65. The monoisotopic (exact) mass is 445 g/mol. The minimum atomic E-state index is -0.587. The van der Waals surface area contributed by atoms with E-state index in [0.29, 0.717) is 34.7 Å². The third kappa shape index (κ3) is 4.41. The number of nitrogens with one attached hydrogen (secondary N) is 3. The van der Waals surface area contributed by atoms with E-state index in [1.54, 1.807) is 55.1 Å². The lowest BCUT2D eigenvalue weighted by molar-refractivity contribution is 0.262. The van der Waals surface area contributed by atoms with Gasteiger partial charge in [0.2, 0.25) is 0 Å². The second-order valence-electron chi connectivity index (χ2n) is 7.58. The van der Waals surface area contributed by atoms with Gasteiger partial charge < -0.3 is 20.5 Å². The van der Waals surface area contributed by atoms with Crippen LogP contribution in [0.4, 0.5) is 26.4 Å². The number of aromatic nitrogens is 2. The molecule has 0 saturated heterocycles. The molecule has 0 aliphatic heterocycles. The average Bonchev–Trinajstić information content (AvgIpc) is 2.81. The topological polar surface area (TPSA) is 88.1 Å². The summed E-state index contributed by atoms with van der Waals surface area (Å²) in [6.45, 7) is 4.08. The first-order chi connectivity index (χ1) is 15.9. The predicted octanol–water partition coefficient (Wildman–Crippen LogP) is 5.22. The standard InChI is InChI=1S/C25H24FN5O2/c1-4-31-22-13-23(27-3)28-14-16(22)11-19(24(31)32)18-12-21(20(26)10-15(18)2)30-25(33)29-17-8-6-5-7-9-17/h5-14H,4H2,1-3H3,(H,27,28)(H2,29,30,33). The maximum absolute atomic E-state index is 14.7. The zero-order valence-electron chi connectivity index (χ0n) is 18.6. The number of halogens is 1. The van der Waals surface area contributed by atoms with Gasteiger partial charge in [-0.15, -0.1) is 0 Å². The lowest BCUT2D eigenvalue weighted by Gasteiger charge is -2.15. The predicted molar refractivity (Wildman–Crippen MR) is 130 cm³/mol. The Kier molecular flexibility index (Phi) is 6.08. The molecule has 2 heterocycles. The van der Waals surface area contributed by atoms with Crippen molar-refractivity contribution in [3.8, 4) is 11.1 Å². The fourth-order valence-corrected chi connectivity index (χ4v) is 3.78. The highest BCUT2D eigenvalue weighted by Crippen LogP contribution is 2.29. The molecule has 0 aliphatic carbocycles. The SMILES string of the molecule is CCn1c(=O)c(-c2cc(NC(=O)Nc3ccccc3)c(F)cc2C)cc2cnc(NC)cc21. The van der Waals surface area contributed by atoms with Gasteiger partial charge in [-0.05, 0) is 55.3 Å². The van der Waals surface area contributed by atoms with Crippen LogP contribution in [0, 0.1) is 12.7 Å². The Hall–Kier alpha value is -4.20. The van der Waals surface area contributed by atoms with E-state index in [4.69, 9.17) is 0 Å². The van der Waals surface area contributed by atoms with E-state index in [2.05, 4.69) is 20.9 Å². The Balaban J connectivity index is 1.77. The van der Waals surface area contributed by atoms with Gasteiger partial charge in [-0.1, -0.05) is 18.2 Å². The van der Waals surface area contributed by atoms with Gasteiger partial charge in [0.25, 0.3) is 5.56 Å². The first kappa shape index (κ1) is 22.0. The first-order valence-corrected chi connectivity index (χ1v) is 10.6. The van der Waals surface area contributed by atoms with E-state index >= 15 is 0 Å². The number of hydrogen-bond donors (Lipinski definition) is 3. The molecule has 2 aromatic heterocycles. The number of rotatable bonds is 5. The number of urea groups is 1. The van der Waals surface area contributed by atoms with Crippen molar-refractivity contribution in [3.63, 3.8) is 0 Å². The van der Waals surface area contributed by atoms with Crippen LogP contribution in [0.3, 0.4) is 0 Å². The molecule has 3 N–H and O–H groups in total.